The Hall–Kier alpha value is -7.80. The summed E-state index contributed by atoms with van der Waals surface area (Å²) in [7, 11) is 1.50. The molecule has 68 heavy (non-hydrogen) atoms. The van der Waals surface area contributed by atoms with E-state index in [9.17, 15) is 39.3 Å². The number of phenolic OH excluding ortho intramolecular Hbond substituents is 2. The second kappa shape index (κ2) is 18.1. The summed E-state index contributed by atoms with van der Waals surface area (Å²) in [6.45, 7) is 8.59. The zero-order chi connectivity index (χ0) is 48.1. The van der Waals surface area contributed by atoms with Gasteiger partial charge in [-0.25, -0.2) is 14.6 Å². The number of likely N-dealkylation sites (N-methyl/N-ethyl adjacent to an activating group) is 1. The van der Waals surface area contributed by atoms with Crippen LogP contribution in [0.4, 0.5) is 4.79 Å². The van der Waals surface area contributed by atoms with Crippen molar-refractivity contribution in [1.82, 2.24) is 39.4 Å². The summed E-state index contributed by atoms with van der Waals surface area (Å²) < 4.78 is 20.2. The van der Waals surface area contributed by atoms with Gasteiger partial charge in [0.15, 0.2) is 11.9 Å². The van der Waals surface area contributed by atoms with Gasteiger partial charge in [0.05, 0.1) is 34.6 Å². The number of carbonyl (C=O) groups is 4. The molecule has 0 spiro atoms. The Kier molecular flexibility index (Phi) is 12.1. The van der Waals surface area contributed by atoms with Crippen LogP contribution in [0.3, 0.4) is 0 Å². The number of nitrogens with one attached hydrogen (secondary N) is 1. The number of phenols is 2. The number of aromatic nitrogens is 5. The lowest BCUT2D eigenvalue weighted by atomic mass is 9.97. The highest BCUT2D eigenvalue weighted by molar-refractivity contribution is 5.93. The number of aryl methyl sites for hydroxylation is 1. The number of amides is 3. The van der Waals surface area contributed by atoms with Crippen molar-refractivity contribution in [2.24, 2.45) is 0 Å². The van der Waals surface area contributed by atoms with E-state index in [1.165, 1.54) is 18.0 Å². The summed E-state index contributed by atoms with van der Waals surface area (Å²) in [6, 6.07) is 16.6. The van der Waals surface area contributed by atoms with Gasteiger partial charge in [-0.3, -0.25) is 19.0 Å². The molecule has 0 radical (unpaired) electrons. The fourth-order valence-corrected chi connectivity index (χ4v) is 9.12. The molecule has 0 bridgehead atoms. The molecule has 6 aromatic rings. The van der Waals surface area contributed by atoms with Gasteiger partial charge < -0.3 is 49.2 Å². The number of rotatable bonds is 11. The Bertz CT molecular complexity index is 3080. The topological polar surface area (TPSA) is 241 Å². The zero-order valence-electron chi connectivity index (χ0n) is 38.1. The third kappa shape index (κ3) is 8.22. The molecular formula is C49H50N8O11. The number of ether oxygens (including phenoxy) is 3. The van der Waals surface area contributed by atoms with Gasteiger partial charge in [0.25, 0.3) is 11.5 Å². The van der Waals surface area contributed by atoms with Gasteiger partial charge in [0.2, 0.25) is 11.7 Å². The summed E-state index contributed by atoms with van der Waals surface area (Å²) in [6.07, 6.45) is -0.801. The van der Waals surface area contributed by atoms with Crippen molar-refractivity contribution >= 4 is 34.8 Å². The van der Waals surface area contributed by atoms with E-state index in [1.807, 2.05) is 20.8 Å². The van der Waals surface area contributed by atoms with Crippen LogP contribution in [0.15, 0.2) is 65.5 Å². The number of benzene rings is 3. The maximum Gasteiger partial charge on any atom is 0.415 e. The lowest BCUT2D eigenvalue weighted by molar-refractivity contribution is -0.157. The Morgan fingerprint density at radius 1 is 0.941 bits per heavy atom. The first-order chi connectivity index (χ1) is 32.6. The minimum absolute atomic E-state index is 0.0116. The fourth-order valence-electron chi connectivity index (χ4n) is 9.12. The molecule has 1 saturated heterocycles. The molecule has 3 amide bonds. The number of pyridine rings is 2. The summed E-state index contributed by atoms with van der Waals surface area (Å²) in [5.41, 5.74) is 4.95. The minimum Gasteiger partial charge on any atom is -0.508 e. The molecule has 19 heteroatoms. The summed E-state index contributed by atoms with van der Waals surface area (Å²) in [5, 5.41) is 43.7. The standard InChI is InChI=1S/C49H50N8O11/c1-6-30-32-18-29(12-13-37(32)51-42-35(30)22-56-38(42)20-33-36(47(56)63)24-66-48(64)43(33)61)68-49(65)54(5)23-41(60)55-16-14-28(15-17-55)67-27-10-8-26(9-11-27)57-44(52-53-45(57)46(62)50-7-2)34-19-31(25(3)4)39(58)21-40(34)59/h8-13,18-21,25,28,43,58-59,61H,6-7,14-17,22-24H2,1-5H3,(H,50,62)/t43-/m0/s1. The average molecular weight is 927 g/mol. The van der Waals surface area contributed by atoms with Gasteiger partial charge >= 0.3 is 12.1 Å². The maximum absolute atomic E-state index is 13.5. The van der Waals surface area contributed by atoms with E-state index in [1.54, 1.807) is 75.6 Å². The van der Waals surface area contributed by atoms with Crippen LogP contribution in [-0.2, 0) is 33.9 Å². The smallest absolute Gasteiger partial charge is 0.415 e. The molecule has 1 fully saturated rings. The number of nitrogens with zero attached hydrogens (tertiary/aromatic N) is 7. The van der Waals surface area contributed by atoms with Crippen LogP contribution in [0, 0.1) is 0 Å². The van der Waals surface area contributed by atoms with Crippen molar-refractivity contribution in [3.63, 3.8) is 0 Å². The second-order valence-electron chi connectivity index (χ2n) is 17.4. The predicted molar refractivity (Wildman–Crippen MR) is 246 cm³/mol. The number of carbonyl (C=O) groups excluding carboxylic acids is 4. The van der Waals surface area contributed by atoms with Crippen molar-refractivity contribution in [2.75, 3.05) is 33.2 Å². The molecule has 3 aliphatic heterocycles. The van der Waals surface area contributed by atoms with Crippen molar-refractivity contribution in [3.05, 3.63) is 105 Å². The van der Waals surface area contributed by atoms with Gasteiger partial charge in [0, 0.05) is 67.8 Å². The molecule has 0 aliphatic carbocycles. The van der Waals surface area contributed by atoms with Crippen LogP contribution < -0.4 is 20.3 Å². The SMILES string of the molecule is CCNC(=O)c1nnc(-c2cc(C(C)C)c(O)cc2O)n1-c1ccc(OC2CCN(C(=O)CN(C)C(=O)Oc3ccc4nc5c(c(CC)c4c3)Cn3c-5cc4c(c3=O)COC(=O)[C@H]4O)CC2)cc1. The Morgan fingerprint density at radius 2 is 1.68 bits per heavy atom. The third-order valence-corrected chi connectivity index (χ3v) is 12.7. The molecule has 4 N–H and O–H groups in total. The number of likely N-dealkylation sites (tertiary alicyclic amines) is 1. The number of aliphatic hydroxyl groups excluding tert-OH is 1. The predicted octanol–water partition coefficient (Wildman–Crippen LogP) is 5.11. The molecule has 352 valence electrons. The van der Waals surface area contributed by atoms with Crippen LogP contribution in [0.1, 0.15) is 91.0 Å². The van der Waals surface area contributed by atoms with Crippen molar-refractivity contribution in [2.45, 2.75) is 78.2 Å². The number of fused-ring (bicyclic) bond motifs is 5. The van der Waals surface area contributed by atoms with E-state index in [-0.39, 0.29) is 83.2 Å². The van der Waals surface area contributed by atoms with Gasteiger partial charge in [-0.1, -0.05) is 20.8 Å². The number of aliphatic hydroxyl groups is 1. The largest absolute Gasteiger partial charge is 0.508 e. The van der Waals surface area contributed by atoms with Crippen LogP contribution in [-0.4, -0.2) is 113 Å². The normalized spacial score (nSPS) is 15.4. The van der Waals surface area contributed by atoms with Crippen LogP contribution in [0.5, 0.6) is 23.0 Å². The summed E-state index contributed by atoms with van der Waals surface area (Å²) >= 11 is 0. The minimum atomic E-state index is -1.55. The third-order valence-electron chi connectivity index (χ3n) is 12.7. The second-order valence-corrected chi connectivity index (χ2v) is 17.4. The highest BCUT2D eigenvalue weighted by Gasteiger charge is 2.35. The first kappa shape index (κ1) is 45.4. The van der Waals surface area contributed by atoms with Gasteiger partial charge in [-0.15, -0.1) is 10.2 Å². The first-order valence-electron chi connectivity index (χ1n) is 22.5. The molecule has 3 aliphatic rings. The maximum atomic E-state index is 13.5. The Labute approximate surface area is 389 Å². The summed E-state index contributed by atoms with van der Waals surface area (Å²) in [4.78, 5) is 73.2. The molecular weight excluding hydrogens is 877 g/mol. The van der Waals surface area contributed by atoms with E-state index in [2.05, 4.69) is 15.5 Å². The number of aromatic hydroxyl groups is 2. The molecule has 3 aromatic heterocycles. The van der Waals surface area contributed by atoms with Crippen LogP contribution >= 0.6 is 0 Å². The number of piperidine rings is 1. The van der Waals surface area contributed by atoms with E-state index in [0.29, 0.717) is 78.4 Å². The van der Waals surface area contributed by atoms with Gasteiger partial charge in [0.1, 0.15) is 42.3 Å². The van der Waals surface area contributed by atoms with Crippen LogP contribution in [0.25, 0.3) is 39.4 Å². The summed E-state index contributed by atoms with van der Waals surface area (Å²) in [5.74, 6) is -0.789. The number of hydrogen-bond donors (Lipinski definition) is 4. The van der Waals surface area contributed by atoms with Crippen molar-refractivity contribution in [3.8, 4) is 51.5 Å². The quantitative estimate of drug-likeness (QED) is 0.123. The molecule has 1 atom stereocenters. The first-order valence-corrected chi connectivity index (χ1v) is 22.5. The number of hydrogen-bond acceptors (Lipinski definition) is 14. The zero-order valence-corrected chi connectivity index (χ0v) is 38.1. The molecule has 6 heterocycles. The number of cyclic esters (lactones) is 1. The molecule has 0 saturated carbocycles. The lowest BCUT2D eigenvalue weighted by Crippen LogP contribution is -2.46. The van der Waals surface area contributed by atoms with Gasteiger partial charge in [-0.05, 0) is 85.0 Å². The molecule has 3 aromatic carbocycles. The fraction of sp³-hybridized carbons (Fsp3) is 0.347. The lowest BCUT2D eigenvalue weighted by Gasteiger charge is -2.33. The highest BCUT2D eigenvalue weighted by atomic mass is 16.6. The monoisotopic (exact) mass is 926 g/mol. The molecule has 0 unspecified atom stereocenters. The number of esters is 1. The van der Waals surface area contributed by atoms with E-state index < -0.39 is 24.1 Å². The molecule has 19 nitrogen and oxygen atoms in total. The van der Waals surface area contributed by atoms with E-state index in [0.717, 1.165) is 16.5 Å². The van der Waals surface area contributed by atoms with Crippen molar-refractivity contribution < 1.29 is 48.7 Å². The van der Waals surface area contributed by atoms with Crippen LogP contribution in [0.2, 0.25) is 0 Å². The average Bonchev–Trinajstić information content (AvgIpc) is 3.92. The van der Waals surface area contributed by atoms with Crippen molar-refractivity contribution in [1.29, 1.82) is 0 Å². The Morgan fingerprint density at radius 3 is 2.38 bits per heavy atom. The van der Waals surface area contributed by atoms with Gasteiger partial charge in [-0.2, -0.15) is 0 Å². The van der Waals surface area contributed by atoms with E-state index >= 15 is 0 Å². The molecule has 9 rings (SSSR count). The highest BCUT2D eigenvalue weighted by Crippen LogP contribution is 2.40. The van der Waals surface area contributed by atoms with E-state index in [4.69, 9.17) is 19.2 Å². The Balaban J connectivity index is 0.822.